The Morgan fingerprint density at radius 2 is 1.80 bits per heavy atom. The number of aldehydes is 1. The predicted molar refractivity (Wildman–Crippen MR) is 178 cm³/mol. The van der Waals surface area contributed by atoms with Gasteiger partial charge in [-0.25, -0.2) is 4.39 Å². The lowest BCUT2D eigenvalue weighted by molar-refractivity contribution is -0.197. The quantitative estimate of drug-likeness (QED) is 0.183. The van der Waals surface area contributed by atoms with Crippen LogP contribution in [0.3, 0.4) is 0 Å². The minimum Gasteiger partial charge on any atom is -0.481 e. The second-order valence-electron chi connectivity index (χ2n) is 17.2. The molecule has 46 heavy (non-hydrogen) atoms. The Bertz CT molecular complexity index is 1160. The molecule has 2 heterocycles. The second kappa shape index (κ2) is 12.9. The lowest BCUT2D eigenvalue weighted by atomic mass is 9.41. The summed E-state index contributed by atoms with van der Waals surface area (Å²) in [4.78, 5) is 32.6. The zero-order valence-electron chi connectivity index (χ0n) is 28.9. The summed E-state index contributed by atoms with van der Waals surface area (Å²) in [6.07, 6.45) is 17.7. The Labute approximate surface area is 277 Å². The van der Waals surface area contributed by atoms with Gasteiger partial charge in [0.05, 0.1) is 17.6 Å². The fraction of sp³-hybridized carbons (Fsp3) is 0.897. The predicted octanol–water partition coefficient (Wildman–Crippen LogP) is 7.02. The van der Waals surface area contributed by atoms with Crippen molar-refractivity contribution in [2.24, 2.45) is 57.7 Å². The van der Waals surface area contributed by atoms with Crippen molar-refractivity contribution < 1.29 is 23.8 Å². The maximum absolute atomic E-state index is 14.2. The average molecular weight is 641 g/mol. The number of hydrogen-bond donors (Lipinski definition) is 1. The third-order valence-corrected chi connectivity index (χ3v) is 15.2. The fourth-order valence-electron chi connectivity index (χ4n) is 13.3. The van der Waals surface area contributed by atoms with E-state index in [0.717, 1.165) is 70.3 Å². The largest absolute Gasteiger partial charge is 0.481 e. The molecule has 0 radical (unpaired) electrons. The summed E-state index contributed by atoms with van der Waals surface area (Å²) < 4.78 is 21.5. The molecular weight excluding hydrogens is 579 g/mol. The zero-order chi connectivity index (χ0) is 32.3. The molecule has 258 valence electrons. The van der Waals surface area contributed by atoms with Crippen LogP contribution in [0, 0.1) is 57.7 Å². The summed E-state index contributed by atoms with van der Waals surface area (Å²) in [6.45, 7) is 11.5. The number of ether oxygens (including phenoxy) is 1. The molecule has 3 unspecified atom stereocenters. The molecule has 0 aromatic carbocycles. The summed E-state index contributed by atoms with van der Waals surface area (Å²) in [6, 6.07) is 0. The topological polar surface area (TPSA) is 70.1 Å². The van der Waals surface area contributed by atoms with Crippen molar-refractivity contribution in [3.63, 3.8) is 0 Å². The van der Waals surface area contributed by atoms with Crippen molar-refractivity contribution in [3.05, 3.63) is 11.6 Å². The first kappa shape index (κ1) is 33.2. The maximum atomic E-state index is 14.2. The highest BCUT2D eigenvalue weighted by molar-refractivity contribution is 5.90. The van der Waals surface area contributed by atoms with E-state index in [4.69, 9.17) is 4.74 Å². The van der Waals surface area contributed by atoms with Crippen molar-refractivity contribution in [1.82, 2.24) is 9.80 Å². The number of rotatable bonds is 12. The molecule has 7 heteroatoms. The second-order valence-corrected chi connectivity index (χ2v) is 17.2. The number of carboxylic acid groups (broad SMARTS) is 1. The number of carbonyl (C=O) groups is 2. The van der Waals surface area contributed by atoms with Crippen LogP contribution in [0.1, 0.15) is 104 Å². The normalized spacial score (nSPS) is 44.2. The number of fused-ring (bicyclic) bond motifs is 2. The van der Waals surface area contributed by atoms with Crippen LogP contribution in [0.2, 0.25) is 0 Å². The van der Waals surface area contributed by atoms with Gasteiger partial charge in [-0.1, -0.05) is 77.4 Å². The molecule has 7 rings (SSSR count). The summed E-state index contributed by atoms with van der Waals surface area (Å²) >= 11 is 0. The van der Waals surface area contributed by atoms with E-state index in [1.54, 1.807) is 0 Å². The molecule has 2 aliphatic heterocycles. The zero-order valence-corrected chi connectivity index (χ0v) is 28.9. The van der Waals surface area contributed by atoms with Crippen LogP contribution in [-0.4, -0.2) is 85.3 Å². The lowest BCUT2D eigenvalue weighted by Gasteiger charge is -2.60. The summed E-state index contributed by atoms with van der Waals surface area (Å²) in [5.74, 6) is 1.27. The van der Waals surface area contributed by atoms with Gasteiger partial charge in [0.1, 0.15) is 18.4 Å². The Balaban J connectivity index is 1.25. The molecule has 0 spiro atoms. The third-order valence-electron chi connectivity index (χ3n) is 15.2. The molecule has 0 aromatic rings. The standard InChI is InChI=1S/C39H61FN2O4/c1-26(2)33-20-29-22-37(25-43)32-13-12-27(3)31(32)23-38(29,39(33,37)36(44)45)35-21-30(28-10-6-4-7-11-28)34(46-35)24-42(17-14-40)19-18-41-15-8-5-9-16-41/h20,25-32,34-35H,4-19,21-24H2,1-3H3,(H,44,45)/t27-,29?,30+,31-,32-,34+,35-,37?,38?,39+/m1/s1. The number of halogens is 1. The van der Waals surface area contributed by atoms with Crippen LogP contribution in [0.25, 0.3) is 0 Å². The van der Waals surface area contributed by atoms with E-state index < -0.39 is 22.2 Å². The molecule has 0 aromatic heterocycles. The molecule has 6 fully saturated rings. The number of alkyl halides is 1. The number of nitrogens with zero attached hydrogens (tertiary/aromatic N) is 2. The molecule has 2 saturated heterocycles. The first-order chi connectivity index (χ1) is 22.2. The summed E-state index contributed by atoms with van der Waals surface area (Å²) in [5.41, 5.74) is -1.65. The van der Waals surface area contributed by atoms with Gasteiger partial charge in [-0.2, -0.15) is 0 Å². The minimum atomic E-state index is -1.20. The van der Waals surface area contributed by atoms with Gasteiger partial charge in [0.25, 0.3) is 0 Å². The van der Waals surface area contributed by atoms with Gasteiger partial charge in [0, 0.05) is 31.6 Å². The Morgan fingerprint density at radius 1 is 1.07 bits per heavy atom. The van der Waals surface area contributed by atoms with Crippen LogP contribution in [0.15, 0.2) is 11.6 Å². The number of likely N-dealkylation sites (tertiary alicyclic amines) is 1. The van der Waals surface area contributed by atoms with E-state index in [-0.39, 0.29) is 36.6 Å². The minimum absolute atomic E-state index is 0.0203. The molecule has 7 aliphatic rings. The molecular formula is C39H61FN2O4. The van der Waals surface area contributed by atoms with Gasteiger partial charge in [-0.3, -0.25) is 9.69 Å². The molecule has 4 saturated carbocycles. The first-order valence-corrected chi connectivity index (χ1v) is 19.3. The van der Waals surface area contributed by atoms with Crippen LogP contribution in [-0.2, 0) is 14.3 Å². The Hall–Kier alpha value is -1.31. The number of carboxylic acids is 1. The van der Waals surface area contributed by atoms with Crippen molar-refractivity contribution in [2.45, 2.75) is 116 Å². The van der Waals surface area contributed by atoms with Gasteiger partial charge < -0.3 is 19.5 Å². The fourth-order valence-corrected chi connectivity index (χ4v) is 13.3. The van der Waals surface area contributed by atoms with Gasteiger partial charge in [-0.05, 0) is 93.0 Å². The molecule has 4 bridgehead atoms. The Kier molecular flexibility index (Phi) is 9.28. The van der Waals surface area contributed by atoms with Crippen molar-refractivity contribution >= 4 is 12.3 Å². The highest BCUT2D eigenvalue weighted by atomic mass is 19.1. The van der Waals surface area contributed by atoms with E-state index in [1.165, 1.54) is 51.4 Å². The van der Waals surface area contributed by atoms with Crippen molar-refractivity contribution in [3.8, 4) is 0 Å². The van der Waals surface area contributed by atoms with Crippen molar-refractivity contribution in [1.29, 1.82) is 0 Å². The highest BCUT2D eigenvalue weighted by Crippen LogP contribution is 2.84. The average Bonchev–Trinajstić information content (AvgIpc) is 3.78. The maximum Gasteiger partial charge on any atom is 0.315 e. The molecule has 6 nitrogen and oxygen atoms in total. The first-order valence-electron chi connectivity index (χ1n) is 19.3. The van der Waals surface area contributed by atoms with E-state index in [9.17, 15) is 19.1 Å². The van der Waals surface area contributed by atoms with Gasteiger partial charge in [0.15, 0.2) is 0 Å². The van der Waals surface area contributed by atoms with E-state index >= 15 is 0 Å². The van der Waals surface area contributed by atoms with Crippen molar-refractivity contribution in [2.75, 3.05) is 45.9 Å². The molecule has 10 atom stereocenters. The van der Waals surface area contributed by atoms with E-state index in [2.05, 4.69) is 36.6 Å². The molecule has 1 N–H and O–H groups in total. The molecule has 5 aliphatic carbocycles. The number of hydrogen-bond acceptors (Lipinski definition) is 5. The van der Waals surface area contributed by atoms with Crippen LogP contribution in [0.4, 0.5) is 4.39 Å². The lowest BCUT2D eigenvalue weighted by Crippen LogP contribution is -2.65. The van der Waals surface area contributed by atoms with Gasteiger partial charge in [-0.15, -0.1) is 0 Å². The number of allylic oxidation sites excluding steroid dienone is 1. The summed E-state index contributed by atoms with van der Waals surface area (Å²) in [7, 11) is 0. The van der Waals surface area contributed by atoms with Gasteiger partial charge >= 0.3 is 5.97 Å². The summed E-state index contributed by atoms with van der Waals surface area (Å²) in [5, 5.41) is 11.6. The van der Waals surface area contributed by atoms with Crippen LogP contribution < -0.4 is 0 Å². The van der Waals surface area contributed by atoms with E-state index in [1.807, 2.05) is 0 Å². The third kappa shape index (κ3) is 4.77. The number of carbonyl (C=O) groups excluding carboxylic acids is 1. The molecule has 0 amide bonds. The monoisotopic (exact) mass is 640 g/mol. The van der Waals surface area contributed by atoms with E-state index in [0.29, 0.717) is 36.6 Å². The number of aliphatic carboxylic acids is 1. The van der Waals surface area contributed by atoms with Gasteiger partial charge in [0.2, 0.25) is 0 Å². The number of piperidine rings is 1. The van der Waals surface area contributed by atoms with Crippen LogP contribution in [0.5, 0.6) is 0 Å². The Morgan fingerprint density at radius 3 is 2.48 bits per heavy atom. The highest BCUT2D eigenvalue weighted by Gasteiger charge is 2.86. The van der Waals surface area contributed by atoms with Crippen LogP contribution >= 0.6 is 0 Å². The SMILES string of the molecule is CC(C)C1=CC2CC3(C=O)[C@@H]4CC[C@@H](C)[C@H]4CC2([C@H]2C[C@@H](C4CCCCC4)[C@H](CN(CCF)CCN4CCCCC4)O2)[C@]13C(=O)O. The smallest absolute Gasteiger partial charge is 0.315 e.